The van der Waals surface area contributed by atoms with Gasteiger partial charge in [-0.15, -0.1) is 0 Å². The third-order valence-corrected chi connectivity index (χ3v) is 2.21. The summed E-state index contributed by atoms with van der Waals surface area (Å²) in [4.78, 5) is 24.3. The quantitative estimate of drug-likeness (QED) is 0.499. The zero-order chi connectivity index (χ0) is 12.4. The van der Waals surface area contributed by atoms with Crippen LogP contribution in [0.15, 0.2) is 18.2 Å². The number of hydrogen-bond acceptors (Lipinski definition) is 4. The van der Waals surface area contributed by atoms with Gasteiger partial charge < -0.3 is 9.72 Å². The molecule has 1 heterocycles. The largest absolute Gasteiger partial charge is 0.461 e. The van der Waals surface area contributed by atoms with Gasteiger partial charge in [-0.3, -0.25) is 10.1 Å². The Bertz CT molecular complexity index is 588. The summed E-state index contributed by atoms with van der Waals surface area (Å²) in [6, 6.07) is 6.99. The number of fused-ring (bicyclic) bond motifs is 1. The van der Waals surface area contributed by atoms with E-state index in [2.05, 4.69) is 11.1 Å². The molecule has 2 aromatic rings. The summed E-state index contributed by atoms with van der Waals surface area (Å²) in [5.74, 6) is -0.522. The fourth-order valence-electron chi connectivity index (χ4n) is 1.46. The summed E-state index contributed by atoms with van der Waals surface area (Å²) in [6.45, 7) is 1.97. The number of hydrogen-bond donors (Lipinski definition) is 1. The van der Waals surface area contributed by atoms with Gasteiger partial charge in [-0.2, -0.15) is 0 Å². The molecule has 17 heavy (non-hydrogen) atoms. The third kappa shape index (κ3) is 2.10. The molecule has 6 heteroatoms. The van der Waals surface area contributed by atoms with Gasteiger partial charge in [0.15, 0.2) is 0 Å². The van der Waals surface area contributed by atoms with Gasteiger partial charge in [0.1, 0.15) is 5.69 Å². The van der Waals surface area contributed by atoms with E-state index in [1.807, 2.05) is 0 Å². The molecule has 0 aliphatic heterocycles. The number of non-ortho nitro benzene ring substituents is 1. The van der Waals surface area contributed by atoms with Crippen molar-refractivity contribution in [2.24, 2.45) is 0 Å². The highest BCUT2D eigenvalue weighted by Crippen LogP contribution is 2.21. The van der Waals surface area contributed by atoms with Gasteiger partial charge >= 0.3 is 5.97 Å². The Labute approximate surface area is 96.3 Å². The summed E-state index contributed by atoms with van der Waals surface area (Å²) < 4.78 is 4.80. The molecular formula is C11H9N2O4. The van der Waals surface area contributed by atoms with Gasteiger partial charge in [0.25, 0.3) is 5.69 Å². The molecule has 0 bridgehead atoms. The predicted molar refractivity (Wildman–Crippen MR) is 59.7 cm³/mol. The van der Waals surface area contributed by atoms with Crippen LogP contribution in [0, 0.1) is 16.2 Å². The topological polar surface area (TPSA) is 85.2 Å². The minimum Gasteiger partial charge on any atom is -0.461 e. The van der Waals surface area contributed by atoms with Crippen LogP contribution >= 0.6 is 0 Å². The normalized spacial score (nSPS) is 10.4. The fourth-order valence-corrected chi connectivity index (χ4v) is 1.46. The number of aromatic nitrogens is 1. The molecule has 0 atom stereocenters. The van der Waals surface area contributed by atoms with Crippen LogP contribution in [-0.4, -0.2) is 22.5 Å². The number of nitrogens with one attached hydrogen (secondary N) is 1. The Hall–Kier alpha value is -2.37. The van der Waals surface area contributed by atoms with Crippen molar-refractivity contribution in [2.45, 2.75) is 6.92 Å². The molecule has 1 N–H and O–H groups in total. The molecule has 2 rings (SSSR count). The molecular weight excluding hydrogens is 224 g/mol. The smallest absolute Gasteiger partial charge is 0.355 e. The molecule has 0 unspecified atom stereocenters. The van der Waals surface area contributed by atoms with Crippen LogP contribution in [0.5, 0.6) is 0 Å². The Balaban J connectivity index is 2.43. The van der Waals surface area contributed by atoms with Crippen molar-refractivity contribution >= 4 is 22.6 Å². The number of nitro benzene ring substituents is 1. The molecule has 0 amide bonds. The number of nitro groups is 1. The van der Waals surface area contributed by atoms with Crippen molar-refractivity contribution in [3.05, 3.63) is 40.1 Å². The molecule has 1 radical (unpaired) electrons. The van der Waals surface area contributed by atoms with E-state index in [-0.39, 0.29) is 18.0 Å². The van der Waals surface area contributed by atoms with E-state index in [0.29, 0.717) is 10.9 Å². The van der Waals surface area contributed by atoms with E-state index in [9.17, 15) is 14.9 Å². The highest BCUT2D eigenvalue weighted by molar-refractivity contribution is 5.94. The second kappa shape index (κ2) is 4.25. The second-order valence-corrected chi connectivity index (χ2v) is 3.33. The molecule has 1 aromatic carbocycles. The predicted octanol–water partition coefficient (Wildman–Crippen LogP) is 2.05. The molecule has 0 fully saturated rings. The van der Waals surface area contributed by atoms with Crippen LogP contribution in [-0.2, 0) is 4.74 Å². The van der Waals surface area contributed by atoms with Crippen molar-refractivity contribution < 1.29 is 14.5 Å². The lowest BCUT2D eigenvalue weighted by Gasteiger charge is -1.96. The maximum atomic E-state index is 11.4. The Morgan fingerprint density at radius 2 is 2.35 bits per heavy atom. The first-order valence-electron chi connectivity index (χ1n) is 4.98. The molecule has 0 saturated carbocycles. The zero-order valence-corrected chi connectivity index (χ0v) is 9.02. The van der Waals surface area contributed by atoms with E-state index in [1.165, 1.54) is 18.2 Å². The van der Waals surface area contributed by atoms with Crippen LogP contribution in [0.2, 0.25) is 0 Å². The molecule has 6 nitrogen and oxygen atoms in total. The number of H-pyrrole nitrogens is 1. The van der Waals surface area contributed by atoms with Crippen LogP contribution in [0.4, 0.5) is 5.69 Å². The zero-order valence-electron chi connectivity index (χ0n) is 9.02. The first kappa shape index (κ1) is 11.1. The lowest BCUT2D eigenvalue weighted by molar-refractivity contribution is -0.384. The van der Waals surface area contributed by atoms with Crippen molar-refractivity contribution in [3.63, 3.8) is 0 Å². The van der Waals surface area contributed by atoms with E-state index in [4.69, 9.17) is 4.74 Å². The minimum absolute atomic E-state index is 0.0387. The van der Waals surface area contributed by atoms with Gasteiger partial charge in [0, 0.05) is 29.1 Å². The number of rotatable bonds is 3. The van der Waals surface area contributed by atoms with E-state index in [1.54, 1.807) is 6.92 Å². The highest BCUT2D eigenvalue weighted by Gasteiger charge is 2.13. The Kier molecular flexibility index (Phi) is 2.78. The van der Waals surface area contributed by atoms with Gasteiger partial charge in [0.05, 0.1) is 11.5 Å². The first-order chi connectivity index (χ1) is 8.11. The van der Waals surface area contributed by atoms with Crippen molar-refractivity contribution in [1.82, 2.24) is 4.98 Å². The fraction of sp³-hybridized carbons (Fsp3) is 0.182. The number of carbonyl (C=O) groups excluding carboxylic acids is 1. The molecule has 87 valence electrons. The lowest BCUT2D eigenvalue weighted by atomic mass is 10.2. The van der Waals surface area contributed by atoms with Gasteiger partial charge in [0.2, 0.25) is 0 Å². The molecule has 0 aliphatic carbocycles. The average Bonchev–Trinajstić information content (AvgIpc) is 2.71. The SMILES string of the molecule is CCOC(=O)c1[c]c2cc([N+](=O)[O-])ccc2[nH]1. The summed E-state index contributed by atoms with van der Waals surface area (Å²) in [5, 5.41) is 11.1. The van der Waals surface area contributed by atoms with Crippen molar-refractivity contribution in [1.29, 1.82) is 0 Å². The Morgan fingerprint density at radius 1 is 1.59 bits per heavy atom. The van der Waals surface area contributed by atoms with Crippen LogP contribution in [0.3, 0.4) is 0 Å². The minimum atomic E-state index is -0.522. The number of ether oxygens (including phenoxy) is 1. The summed E-state index contributed by atoms with van der Waals surface area (Å²) in [5.41, 5.74) is 0.740. The summed E-state index contributed by atoms with van der Waals surface area (Å²) in [7, 11) is 0. The third-order valence-electron chi connectivity index (χ3n) is 2.21. The highest BCUT2D eigenvalue weighted by atomic mass is 16.6. The summed E-state index contributed by atoms with van der Waals surface area (Å²) in [6.07, 6.45) is 0. The first-order valence-corrected chi connectivity index (χ1v) is 4.98. The van der Waals surface area contributed by atoms with Crippen LogP contribution in [0.1, 0.15) is 17.4 Å². The van der Waals surface area contributed by atoms with E-state index >= 15 is 0 Å². The van der Waals surface area contributed by atoms with E-state index in [0.717, 1.165) is 0 Å². The molecule has 1 aromatic heterocycles. The Morgan fingerprint density at radius 3 is 3.00 bits per heavy atom. The van der Waals surface area contributed by atoms with Crippen LogP contribution < -0.4 is 0 Å². The average molecular weight is 233 g/mol. The molecule has 0 spiro atoms. The number of benzene rings is 1. The van der Waals surface area contributed by atoms with Crippen LogP contribution in [0.25, 0.3) is 10.9 Å². The van der Waals surface area contributed by atoms with Crippen molar-refractivity contribution in [2.75, 3.05) is 6.61 Å². The monoisotopic (exact) mass is 233 g/mol. The van der Waals surface area contributed by atoms with Gasteiger partial charge in [-0.05, 0) is 13.0 Å². The summed E-state index contributed by atoms with van der Waals surface area (Å²) >= 11 is 0. The number of esters is 1. The standard InChI is InChI=1S/C11H9N2O4/c1-2-17-11(14)10-6-7-5-8(13(15)16)3-4-9(7)12-10/h3-5,12H,2H2,1H3. The van der Waals surface area contributed by atoms with Gasteiger partial charge in [-0.25, -0.2) is 4.79 Å². The maximum absolute atomic E-state index is 11.4. The van der Waals surface area contributed by atoms with E-state index < -0.39 is 10.9 Å². The van der Waals surface area contributed by atoms with Gasteiger partial charge in [-0.1, -0.05) is 0 Å². The lowest BCUT2D eigenvalue weighted by Crippen LogP contribution is -2.04. The number of aromatic amines is 1. The molecule has 0 saturated heterocycles. The molecule has 0 aliphatic rings. The number of carbonyl (C=O) groups is 1. The second-order valence-electron chi connectivity index (χ2n) is 3.33. The van der Waals surface area contributed by atoms with Crippen molar-refractivity contribution in [3.8, 4) is 0 Å². The maximum Gasteiger partial charge on any atom is 0.355 e. The number of nitrogens with zero attached hydrogens (tertiary/aromatic N) is 1.